The maximum Gasteiger partial charge on any atom is 0.332 e. The van der Waals surface area contributed by atoms with Gasteiger partial charge in [0.25, 0.3) is 0 Å². The van der Waals surface area contributed by atoms with Crippen LogP contribution in [0, 0.1) is 0 Å². The second kappa shape index (κ2) is 9.30. The lowest BCUT2D eigenvalue weighted by atomic mass is 9.90. The van der Waals surface area contributed by atoms with Crippen LogP contribution in [-0.2, 0) is 20.9 Å². The third kappa shape index (κ3) is 4.71. The number of ketones is 2. The summed E-state index contributed by atoms with van der Waals surface area (Å²) in [5, 5.41) is 3.52. The van der Waals surface area contributed by atoms with Crippen LogP contribution in [0.5, 0.6) is 0 Å². The molecule has 1 aliphatic heterocycles. The lowest BCUT2D eigenvalue weighted by Crippen LogP contribution is -2.54. The van der Waals surface area contributed by atoms with Crippen LogP contribution in [0.15, 0.2) is 29.6 Å². The summed E-state index contributed by atoms with van der Waals surface area (Å²) in [4.78, 5) is 43.8. The number of carbonyl (C=O) groups is 3. The van der Waals surface area contributed by atoms with Crippen molar-refractivity contribution in [2.45, 2.75) is 39.8 Å². The van der Waals surface area contributed by atoms with Gasteiger partial charge in [0.1, 0.15) is 0 Å². The van der Waals surface area contributed by atoms with E-state index in [9.17, 15) is 14.4 Å². The number of nitrogens with zero attached hydrogens (tertiary/aromatic N) is 3. The molecular formula is C22H26ClN3O5. The van der Waals surface area contributed by atoms with Crippen molar-refractivity contribution < 1.29 is 24.0 Å². The first kappa shape index (κ1) is 23.1. The van der Waals surface area contributed by atoms with Crippen molar-refractivity contribution in [3.63, 3.8) is 0 Å². The number of hydrogen-bond donors (Lipinski definition) is 0. The molecule has 2 heterocycles. The van der Waals surface area contributed by atoms with Crippen molar-refractivity contribution >= 4 is 45.2 Å². The van der Waals surface area contributed by atoms with Crippen LogP contribution >= 0.6 is 11.6 Å². The molecule has 0 saturated carbocycles. The summed E-state index contributed by atoms with van der Waals surface area (Å²) < 4.78 is 7.29. The van der Waals surface area contributed by atoms with Gasteiger partial charge in [-0.15, -0.1) is 0 Å². The molecule has 1 fully saturated rings. The molecule has 1 saturated heterocycles. The average molecular weight is 448 g/mol. The van der Waals surface area contributed by atoms with Gasteiger partial charge in [-0.3, -0.25) is 14.5 Å². The molecule has 1 aromatic heterocycles. The summed E-state index contributed by atoms with van der Waals surface area (Å²) in [6.45, 7) is 10.1. The topological polar surface area (TPSA) is 90.2 Å². The number of benzene rings is 1. The summed E-state index contributed by atoms with van der Waals surface area (Å²) in [5.74, 6) is -1.31. The zero-order chi connectivity index (χ0) is 22.8. The maximum atomic E-state index is 13.4. The van der Waals surface area contributed by atoms with Crippen molar-refractivity contribution in [1.82, 2.24) is 9.47 Å². The van der Waals surface area contributed by atoms with E-state index in [0.717, 1.165) is 12.4 Å². The van der Waals surface area contributed by atoms with E-state index in [-0.39, 0.29) is 11.3 Å². The van der Waals surface area contributed by atoms with Gasteiger partial charge in [-0.05, 0) is 39.0 Å². The van der Waals surface area contributed by atoms with Gasteiger partial charge in [-0.2, -0.15) is 0 Å². The molecule has 0 bridgehead atoms. The number of halogens is 1. The Morgan fingerprint density at radius 2 is 1.90 bits per heavy atom. The lowest BCUT2D eigenvalue weighted by molar-refractivity contribution is -0.140. The van der Waals surface area contributed by atoms with Crippen molar-refractivity contribution in [2.24, 2.45) is 5.16 Å². The molecule has 8 nitrogen and oxygen atoms in total. The Bertz CT molecular complexity index is 1050. The Morgan fingerprint density at radius 3 is 2.52 bits per heavy atom. The fourth-order valence-corrected chi connectivity index (χ4v) is 3.89. The Morgan fingerprint density at radius 1 is 1.23 bits per heavy atom. The van der Waals surface area contributed by atoms with Crippen LogP contribution in [0.25, 0.3) is 10.9 Å². The van der Waals surface area contributed by atoms with E-state index in [4.69, 9.17) is 16.3 Å². The first-order valence-electron chi connectivity index (χ1n) is 10.1. The number of oxime groups is 1. The normalized spacial score (nSPS) is 15.8. The summed E-state index contributed by atoms with van der Waals surface area (Å²) in [6, 6.07) is 5.33. The minimum absolute atomic E-state index is 0.0429. The van der Waals surface area contributed by atoms with Crippen LogP contribution in [0.3, 0.4) is 0 Å². The highest BCUT2D eigenvalue weighted by Crippen LogP contribution is 2.28. The third-order valence-corrected chi connectivity index (χ3v) is 5.77. The minimum atomic E-state index is -0.719. The molecule has 3 rings (SSSR count). The van der Waals surface area contributed by atoms with Gasteiger partial charge in [0.2, 0.25) is 11.0 Å². The Balaban J connectivity index is 2.01. The predicted molar refractivity (Wildman–Crippen MR) is 118 cm³/mol. The monoisotopic (exact) mass is 447 g/mol. The van der Waals surface area contributed by atoms with E-state index < -0.39 is 22.5 Å². The van der Waals surface area contributed by atoms with Gasteiger partial charge in [-0.1, -0.05) is 16.8 Å². The van der Waals surface area contributed by atoms with E-state index >= 15 is 0 Å². The predicted octanol–water partition coefficient (Wildman–Crippen LogP) is 3.25. The van der Waals surface area contributed by atoms with E-state index in [1.54, 1.807) is 18.3 Å². The number of hydrogen-bond acceptors (Lipinski definition) is 7. The minimum Gasteiger partial charge on any atom is -0.379 e. The van der Waals surface area contributed by atoms with Gasteiger partial charge in [0.05, 0.1) is 24.3 Å². The van der Waals surface area contributed by atoms with Gasteiger partial charge in [-0.25, -0.2) is 4.79 Å². The molecule has 0 radical (unpaired) electrons. The van der Waals surface area contributed by atoms with E-state index in [1.165, 1.54) is 0 Å². The highest BCUT2D eigenvalue weighted by atomic mass is 35.5. The lowest BCUT2D eigenvalue weighted by Gasteiger charge is -2.39. The highest BCUT2D eigenvalue weighted by molar-refractivity contribution is 6.85. The highest BCUT2D eigenvalue weighted by Gasteiger charge is 2.36. The Labute approximate surface area is 185 Å². The van der Waals surface area contributed by atoms with Crippen molar-refractivity contribution in [3.8, 4) is 0 Å². The number of morpholine rings is 1. The molecule has 0 aliphatic carbocycles. The number of rotatable bonds is 7. The molecule has 1 aliphatic rings. The largest absolute Gasteiger partial charge is 0.379 e. The van der Waals surface area contributed by atoms with Crippen molar-refractivity contribution in [3.05, 3.63) is 35.5 Å². The molecule has 9 heteroatoms. The second-order valence-corrected chi connectivity index (χ2v) is 8.20. The fraction of sp³-hybridized carbons (Fsp3) is 0.455. The number of ether oxygens (including phenoxy) is 1. The van der Waals surface area contributed by atoms with E-state index in [0.29, 0.717) is 43.8 Å². The van der Waals surface area contributed by atoms with Crippen molar-refractivity contribution in [1.29, 1.82) is 0 Å². The van der Waals surface area contributed by atoms with Crippen LogP contribution in [0.4, 0.5) is 0 Å². The van der Waals surface area contributed by atoms with Gasteiger partial charge in [0, 0.05) is 49.2 Å². The quantitative estimate of drug-likeness (QED) is 0.280. The number of carbonyl (C=O) groups excluding carboxylic acids is 3. The van der Waals surface area contributed by atoms with Crippen LogP contribution < -0.4 is 0 Å². The van der Waals surface area contributed by atoms with E-state index in [1.807, 2.05) is 31.4 Å². The first-order chi connectivity index (χ1) is 14.7. The number of Topliss-reactive ketones (excluding diaryl/α,β-unsaturated/α-hetero) is 2. The van der Waals surface area contributed by atoms with Gasteiger partial charge >= 0.3 is 5.97 Å². The van der Waals surface area contributed by atoms with Crippen LogP contribution in [0.1, 0.15) is 48.4 Å². The molecule has 0 unspecified atom stereocenters. The molecule has 166 valence electrons. The number of fused-ring (bicyclic) bond motifs is 1. The standard InChI is InChI=1S/C22H26ClN3O5/c1-5-25-13-17(19(28)21(23)24-31-14(2)27)16-12-15(6-7-18(16)25)20(29)22(3,4)26-8-10-30-11-9-26/h6-7,12-13H,5,8-11H2,1-4H3/b24-21-. The van der Waals surface area contributed by atoms with Crippen LogP contribution in [0.2, 0.25) is 0 Å². The summed E-state index contributed by atoms with van der Waals surface area (Å²) in [5.41, 5.74) is 0.865. The number of aryl methyl sites for hydroxylation is 1. The molecule has 0 amide bonds. The molecule has 31 heavy (non-hydrogen) atoms. The SMILES string of the molecule is CCn1cc(C(=O)/C(Cl)=N/OC(C)=O)c2cc(C(=O)C(C)(C)N3CCOCC3)ccc21. The smallest absolute Gasteiger partial charge is 0.332 e. The van der Waals surface area contributed by atoms with Crippen molar-refractivity contribution in [2.75, 3.05) is 26.3 Å². The Hall–Kier alpha value is -2.55. The molecule has 2 aromatic rings. The molecule has 0 spiro atoms. The summed E-state index contributed by atoms with van der Waals surface area (Å²) >= 11 is 5.97. The first-order valence-corrected chi connectivity index (χ1v) is 10.5. The van der Waals surface area contributed by atoms with E-state index in [2.05, 4.69) is 14.9 Å². The van der Waals surface area contributed by atoms with Gasteiger partial charge < -0.3 is 14.1 Å². The zero-order valence-electron chi connectivity index (χ0n) is 18.1. The molecule has 0 N–H and O–H groups in total. The Kier molecular flexibility index (Phi) is 6.93. The average Bonchev–Trinajstić information content (AvgIpc) is 3.14. The third-order valence-electron chi connectivity index (χ3n) is 5.53. The fourth-order valence-electron chi connectivity index (χ4n) is 3.76. The summed E-state index contributed by atoms with van der Waals surface area (Å²) in [7, 11) is 0. The second-order valence-electron chi connectivity index (χ2n) is 7.84. The molecular weight excluding hydrogens is 422 g/mol. The zero-order valence-corrected chi connectivity index (χ0v) is 18.9. The number of aromatic nitrogens is 1. The molecule has 1 aromatic carbocycles. The van der Waals surface area contributed by atoms with Gasteiger partial charge in [0.15, 0.2) is 5.78 Å². The van der Waals surface area contributed by atoms with Crippen LogP contribution in [-0.4, -0.2) is 64.0 Å². The maximum absolute atomic E-state index is 13.4. The summed E-state index contributed by atoms with van der Waals surface area (Å²) in [6.07, 6.45) is 1.67. The molecule has 0 atom stereocenters.